The summed E-state index contributed by atoms with van der Waals surface area (Å²) in [5.74, 6) is -0.901. The number of esters is 1. The molecule has 1 saturated carbocycles. The topological polar surface area (TPSA) is 86.1 Å². The standard InChI is InChI=1S/C17H18ClF3N4O3S/c1-2-28-12(27)7-10-8-29-16(22-10)23-11(26)5-6-25-14(9-3-4-9)13(18)15(24-25)17(19,20)21/h8-9H,2-7H2,1H3,(H,22,23,26). The molecule has 0 radical (unpaired) electrons. The van der Waals surface area contributed by atoms with Crippen molar-refractivity contribution in [2.45, 2.75) is 51.2 Å². The van der Waals surface area contributed by atoms with E-state index in [-0.39, 0.29) is 36.9 Å². The summed E-state index contributed by atoms with van der Waals surface area (Å²) < 4.78 is 45.2. The lowest BCUT2D eigenvalue weighted by Crippen LogP contribution is -2.16. The summed E-state index contributed by atoms with van der Waals surface area (Å²) in [5, 5.41) is 7.70. The smallest absolute Gasteiger partial charge is 0.436 e. The highest BCUT2D eigenvalue weighted by Gasteiger charge is 2.42. The zero-order valence-electron chi connectivity index (χ0n) is 15.4. The molecule has 12 heteroatoms. The molecule has 1 fully saturated rings. The Morgan fingerprint density at radius 3 is 2.76 bits per heavy atom. The Labute approximate surface area is 173 Å². The highest BCUT2D eigenvalue weighted by molar-refractivity contribution is 7.13. The van der Waals surface area contributed by atoms with Crippen molar-refractivity contribution in [1.29, 1.82) is 0 Å². The number of hydrogen-bond donors (Lipinski definition) is 1. The van der Waals surface area contributed by atoms with Gasteiger partial charge in [-0.05, 0) is 19.8 Å². The number of halogens is 4. The van der Waals surface area contributed by atoms with Crippen LogP contribution in [0.1, 0.15) is 49.2 Å². The fourth-order valence-corrected chi connectivity index (χ4v) is 3.87. The highest BCUT2D eigenvalue weighted by Crippen LogP contribution is 2.46. The fourth-order valence-electron chi connectivity index (χ4n) is 2.75. The summed E-state index contributed by atoms with van der Waals surface area (Å²) in [4.78, 5) is 27.7. The van der Waals surface area contributed by atoms with Crippen LogP contribution < -0.4 is 5.32 Å². The van der Waals surface area contributed by atoms with Gasteiger partial charge in [0.1, 0.15) is 0 Å². The number of ether oxygens (including phenoxy) is 1. The predicted molar refractivity (Wildman–Crippen MR) is 99.9 cm³/mol. The maximum absolute atomic E-state index is 13.1. The summed E-state index contributed by atoms with van der Waals surface area (Å²) >= 11 is 7.06. The van der Waals surface area contributed by atoms with E-state index in [1.165, 1.54) is 4.68 Å². The molecule has 2 aromatic rings. The Kier molecular flexibility index (Phi) is 6.47. The molecular weight excluding hydrogens is 433 g/mol. The van der Waals surface area contributed by atoms with E-state index in [1.54, 1.807) is 12.3 Å². The summed E-state index contributed by atoms with van der Waals surface area (Å²) in [6, 6.07) is 0. The van der Waals surface area contributed by atoms with Gasteiger partial charge in [-0.2, -0.15) is 18.3 Å². The average molecular weight is 451 g/mol. The van der Waals surface area contributed by atoms with Crippen molar-refractivity contribution >= 4 is 39.9 Å². The van der Waals surface area contributed by atoms with Crippen molar-refractivity contribution in [3.8, 4) is 0 Å². The van der Waals surface area contributed by atoms with E-state index in [4.69, 9.17) is 16.3 Å². The van der Waals surface area contributed by atoms with Crippen LogP contribution in [-0.2, 0) is 33.5 Å². The van der Waals surface area contributed by atoms with Gasteiger partial charge in [0.15, 0.2) is 10.8 Å². The van der Waals surface area contributed by atoms with Crippen LogP contribution in [0.4, 0.5) is 18.3 Å². The molecule has 158 valence electrons. The minimum Gasteiger partial charge on any atom is -0.466 e. The number of thiazole rings is 1. The second-order valence-corrected chi connectivity index (χ2v) is 7.70. The second-order valence-electron chi connectivity index (χ2n) is 6.47. The van der Waals surface area contributed by atoms with Crippen LogP contribution in [0.5, 0.6) is 0 Å². The molecule has 3 rings (SSSR count). The van der Waals surface area contributed by atoms with E-state index < -0.39 is 23.7 Å². The first-order chi connectivity index (χ1) is 13.7. The van der Waals surface area contributed by atoms with Gasteiger partial charge in [0.05, 0.1) is 36.0 Å². The Balaban J connectivity index is 1.60. The molecule has 0 saturated heterocycles. The van der Waals surface area contributed by atoms with Crippen LogP contribution in [0, 0.1) is 0 Å². The van der Waals surface area contributed by atoms with Crippen molar-refractivity contribution < 1.29 is 27.5 Å². The Bertz CT molecular complexity index is 908. The van der Waals surface area contributed by atoms with Crippen molar-refractivity contribution in [1.82, 2.24) is 14.8 Å². The molecule has 0 spiro atoms. The highest BCUT2D eigenvalue weighted by atomic mass is 35.5. The fraction of sp³-hybridized carbons (Fsp3) is 0.529. The van der Waals surface area contributed by atoms with E-state index in [0.29, 0.717) is 16.5 Å². The van der Waals surface area contributed by atoms with Crippen LogP contribution in [0.25, 0.3) is 0 Å². The van der Waals surface area contributed by atoms with E-state index in [2.05, 4.69) is 15.4 Å². The van der Waals surface area contributed by atoms with Crippen LogP contribution in [0.2, 0.25) is 5.02 Å². The van der Waals surface area contributed by atoms with E-state index in [1.807, 2.05) is 0 Å². The molecule has 0 bridgehead atoms. The lowest BCUT2D eigenvalue weighted by Gasteiger charge is -2.07. The number of alkyl halides is 3. The maximum Gasteiger partial charge on any atom is 0.436 e. The summed E-state index contributed by atoms with van der Waals surface area (Å²) in [6.07, 6.45) is -3.25. The number of anilines is 1. The number of amides is 1. The molecule has 1 N–H and O–H groups in total. The first-order valence-electron chi connectivity index (χ1n) is 8.92. The molecule has 0 aliphatic heterocycles. The van der Waals surface area contributed by atoms with E-state index in [0.717, 1.165) is 24.2 Å². The molecule has 1 aliphatic rings. The first-order valence-corrected chi connectivity index (χ1v) is 10.2. The number of nitrogens with zero attached hydrogens (tertiary/aromatic N) is 3. The quantitative estimate of drug-likeness (QED) is 0.614. The third-order valence-corrected chi connectivity index (χ3v) is 5.32. The number of aryl methyl sites for hydroxylation is 1. The molecule has 0 atom stereocenters. The van der Waals surface area contributed by atoms with Crippen LogP contribution in [0.15, 0.2) is 5.38 Å². The monoisotopic (exact) mass is 450 g/mol. The second kappa shape index (κ2) is 8.70. The normalized spacial score (nSPS) is 14.1. The van der Waals surface area contributed by atoms with Gasteiger partial charge < -0.3 is 10.1 Å². The molecule has 0 aromatic carbocycles. The molecular formula is C17H18ClF3N4O3S. The summed E-state index contributed by atoms with van der Waals surface area (Å²) in [5.41, 5.74) is -0.323. The largest absolute Gasteiger partial charge is 0.466 e. The predicted octanol–water partition coefficient (Wildman–Crippen LogP) is 4.02. The minimum absolute atomic E-state index is 0.00301. The van der Waals surface area contributed by atoms with Gasteiger partial charge in [-0.25, -0.2) is 4.98 Å². The zero-order chi connectivity index (χ0) is 21.2. The minimum atomic E-state index is -4.65. The summed E-state index contributed by atoms with van der Waals surface area (Å²) in [7, 11) is 0. The molecule has 29 heavy (non-hydrogen) atoms. The van der Waals surface area contributed by atoms with Crippen molar-refractivity contribution in [3.05, 3.63) is 27.5 Å². The summed E-state index contributed by atoms with van der Waals surface area (Å²) in [6.45, 7) is 1.93. The molecule has 1 aliphatic carbocycles. The van der Waals surface area contributed by atoms with Gasteiger partial charge in [0.25, 0.3) is 0 Å². The number of hydrogen-bond acceptors (Lipinski definition) is 6. The first kappa shape index (κ1) is 21.6. The lowest BCUT2D eigenvalue weighted by molar-refractivity contribution is -0.142. The number of carbonyl (C=O) groups excluding carboxylic acids is 2. The van der Waals surface area contributed by atoms with Gasteiger partial charge in [-0.3, -0.25) is 14.3 Å². The molecule has 2 aromatic heterocycles. The third kappa shape index (κ3) is 5.47. The third-order valence-electron chi connectivity index (χ3n) is 4.14. The van der Waals surface area contributed by atoms with E-state index >= 15 is 0 Å². The Hall–Kier alpha value is -2.14. The van der Waals surface area contributed by atoms with Gasteiger partial charge in [-0.1, -0.05) is 11.6 Å². The number of rotatable bonds is 8. The number of nitrogens with one attached hydrogen (secondary N) is 1. The molecule has 2 heterocycles. The SMILES string of the molecule is CCOC(=O)Cc1csc(NC(=O)CCn2nc(C(F)(F)F)c(Cl)c2C2CC2)n1. The number of aromatic nitrogens is 3. The van der Waals surface area contributed by atoms with Gasteiger partial charge in [0, 0.05) is 17.7 Å². The zero-order valence-corrected chi connectivity index (χ0v) is 17.0. The van der Waals surface area contributed by atoms with Gasteiger partial charge in [0.2, 0.25) is 5.91 Å². The Morgan fingerprint density at radius 1 is 1.41 bits per heavy atom. The van der Waals surface area contributed by atoms with Crippen LogP contribution in [0.3, 0.4) is 0 Å². The average Bonchev–Trinajstić information content (AvgIpc) is 3.27. The molecule has 0 unspecified atom stereocenters. The van der Waals surface area contributed by atoms with Crippen LogP contribution >= 0.6 is 22.9 Å². The van der Waals surface area contributed by atoms with Crippen LogP contribution in [-0.4, -0.2) is 33.2 Å². The lowest BCUT2D eigenvalue weighted by atomic mass is 10.2. The molecule has 7 nitrogen and oxygen atoms in total. The van der Waals surface area contributed by atoms with Crippen molar-refractivity contribution in [3.63, 3.8) is 0 Å². The van der Waals surface area contributed by atoms with Crippen molar-refractivity contribution in [2.75, 3.05) is 11.9 Å². The number of carbonyl (C=O) groups is 2. The van der Waals surface area contributed by atoms with E-state index in [9.17, 15) is 22.8 Å². The van der Waals surface area contributed by atoms with Gasteiger partial charge in [-0.15, -0.1) is 11.3 Å². The Morgan fingerprint density at radius 2 is 2.14 bits per heavy atom. The van der Waals surface area contributed by atoms with Gasteiger partial charge >= 0.3 is 12.1 Å². The molecule has 1 amide bonds. The maximum atomic E-state index is 13.1. The van der Waals surface area contributed by atoms with Crippen molar-refractivity contribution in [2.24, 2.45) is 0 Å².